The van der Waals surface area contributed by atoms with Crippen LogP contribution in [0.5, 0.6) is 0 Å². The Hall–Kier alpha value is -1.73. The van der Waals surface area contributed by atoms with Gasteiger partial charge in [0.05, 0.1) is 18.6 Å². The largest absolute Gasteiger partial charge is 0.481 e. The van der Waals surface area contributed by atoms with Gasteiger partial charge in [0.2, 0.25) is 0 Å². The van der Waals surface area contributed by atoms with E-state index in [1.54, 1.807) is 13.8 Å². The molecule has 0 aromatic carbocycles. The SMILES string of the molecule is CC(N)(CC(=O)O)OCC(C)(C)N1C(=O)C=CC1=O. The van der Waals surface area contributed by atoms with E-state index in [-0.39, 0.29) is 13.0 Å². The number of hydrogen-bond acceptors (Lipinski definition) is 5. The van der Waals surface area contributed by atoms with Crippen molar-refractivity contribution in [3.63, 3.8) is 0 Å². The van der Waals surface area contributed by atoms with Crippen LogP contribution < -0.4 is 5.73 Å². The van der Waals surface area contributed by atoms with E-state index in [0.29, 0.717) is 0 Å². The second kappa shape index (κ2) is 5.10. The molecule has 0 saturated carbocycles. The van der Waals surface area contributed by atoms with Crippen molar-refractivity contribution in [2.45, 2.75) is 38.5 Å². The molecule has 7 nitrogen and oxygen atoms in total. The molecule has 1 aliphatic rings. The molecule has 0 aromatic rings. The molecule has 0 aromatic heterocycles. The third-order valence-electron chi connectivity index (χ3n) is 2.67. The summed E-state index contributed by atoms with van der Waals surface area (Å²) in [6, 6.07) is 0. The van der Waals surface area contributed by atoms with Gasteiger partial charge in [-0.15, -0.1) is 0 Å². The van der Waals surface area contributed by atoms with E-state index in [1.165, 1.54) is 19.1 Å². The van der Waals surface area contributed by atoms with Gasteiger partial charge in [-0.3, -0.25) is 19.3 Å². The molecule has 1 heterocycles. The van der Waals surface area contributed by atoms with Crippen molar-refractivity contribution in [2.75, 3.05) is 6.61 Å². The summed E-state index contributed by atoms with van der Waals surface area (Å²) in [6.07, 6.45) is 2.00. The smallest absolute Gasteiger partial charge is 0.307 e. The Labute approximate surface area is 111 Å². The molecule has 0 saturated heterocycles. The summed E-state index contributed by atoms with van der Waals surface area (Å²) in [6.45, 7) is 4.68. The molecule has 0 spiro atoms. The highest BCUT2D eigenvalue weighted by Gasteiger charge is 2.39. The Bertz CT molecular complexity index is 421. The number of ether oxygens (including phenoxy) is 1. The van der Waals surface area contributed by atoms with Crippen molar-refractivity contribution in [3.8, 4) is 0 Å². The lowest BCUT2D eigenvalue weighted by Crippen LogP contribution is -2.53. The minimum Gasteiger partial charge on any atom is -0.481 e. The number of carbonyl (C=O) groups is 3. The summed E-state index contributed by atoms with van der Waals surface area (Å²) in [7, 11) is 0. The van der Waals surface area contributed by atoms with E-state index in [1.807, 2.05) is 0 Å². The van der Waals surface area contributed by atoms with Crippen LogP contribution in [0.4, 0.5) is 0 Å². The lowest BCUT2D eigenvalue weighted by molar-refractivity contribution is -0.155. The number of nitrogens with two attached hydrogens (primary N) is 1. The summed E-state index contributed by atoms with van der Waals surface area (Å²) >= 11 is 0. The number of carboxylic acids is 1. The maximum absolute atomic E-state index is 11.6. The highest BCUT2D eigenvalue weighted by atomic mass is 16.5. The lowest BCUT2D eigenvalue weighted by atomic mass is 10.0. The zero-order chi connectivity index (χ0) is 14.8. The minimum absolute atomic E-state index is 0.0492. The van der Waals surface area contributed by atoms with Crippen LogP contribution in [-0.4, -0.2) is 45.7 Å². The zero-order valence-corrected chi connectivity index (χ0v) is 11.2. The van der Waals surface area contributed by atoms with Crippen LogP contribution >= 0.6 is 0 Å². The number of imide groups is 1. The Kier molecular flexibility index (Phi) is 4.12. The molecule has 1 aliphatic heterocycles. The second-order valence-electron chi connectivity index (χ2n) is 5.33. The molecule has 106 valence electrons. The Morgan fingerprint density at radius 2 is 1.79 bits per heavy atom. The lowest BCUT2D eigenvalue weighted by Gasteiger charge is -2.36. The van der Waals surface area contributed by atoms with E-state index >= 15 is 0 Å². The van der Waals surface area contributed by atoms with Gasteiger partial charge in [0.25, 0.3) is 11.8 Å². The number of rotatable bonds is 6. The van der Waals surface area contributed by atoms with E-state index in [0.717, 1.165) is 4.90 Å². The summed E-state index contributed by atoms with van der Waals surface area (Å²) in [4.78, 5) is 34.8. The molecule has 1 atom stereocenters. The van der Waals surface area contributed by atoms with Gasteiger partial charge in [-0.05, 0) is 20.8 Å². The van der Waals surface area contributed by atoms with E-state index in [9.17, 15) is 14.4 Å². The van der Waals surface area contributed by atoms with Crippen LogP contribution in [0.25, 0.3) is 0 Å². The van der Waals surface area contributed by atoms with Crippen LogP contribution in [-0.2, 0) is 19.1 Å². The van der Waals surface area contributed by atoms with Crippen LogP contribution in [0.1, 0.15) is 27.2 Å². The molecular weight excluding hydrogens is 252 g/mol. The average Bonchev–Trinajstić information content (AvgIpc) is 2.55. The predicted molar refractivity (Wildman–Crippen MR) is 65.9 cm³/mol. The van der Waals surface area contributed by atoms with Crippen molar-refractivity contribution in [1.29, 1.82) is 0 Å². The average molecular weight is 270 g/mol. The number of nitrogens with zero attached hydrogens (tertiary/aromatic N) is 1. The molecule has 1 rings (SSSR count). The van der Waals surface area contributed by atoms with Crippen LogP contribution in [0, 0.1) is 0 Å². The molecule has 0 radical (unpaired) electrons. The first kappa shape index (κ1) is 15.3. The fraction of sp³-hybridized carbons (Fsp3) is 0.583. The van der Waals surface area contributed by atoms with Gasteiger partial charge in [-0.25, -0.2) is 0 Å². The molecule has 7 heteroatoms. The number of carbonyl (C=O) groups excluding carboxylic acids is 2. The van der Waals surface area contributed by atoms with Crippen molar-refractivity contribution >= 4 is 17.8 Å². The summed E-state index contributed by atoms with van der Waals surface area (Å²) in [5, 5.41) is 8.69. The molecule has 0 aliphatic carbocycles. The summed E-state index contributed by atoms with van der Waals surface area (Å²) in [5.41, 5.74) is 3.42. The van der Waals surface area contributed by atoms with Crippen LogP contribution in [0.3, 0.4) is 0 Å². The third kappa shape index (κ3) is 3.87. The van der Waals surface area contributed by atoms with E-state index in [4.69, 9.17) is 15.6 Å². The monoisotopic (exact) mass is 270 g/mol. The molecule has 0 fully saturated rings. The van der Waals surface area contributed by atoms with Crippen molar-refractivity contribution in [2.24, 2.45) is 5.73 Å². The van der Waals surface area contributed by atoms with Gasteiger partial charge in [0.15, 0.2) is 0 Å². The number of amides is 2. The first-order chi connectivity index (χ1) is 8.55. The maximum atomic E-state index is 11.6. The standard InChI is InChI=1S/C12H18N2O5/c1-11(2,14-8(15)4-5-9(14)16)7-19-12(3,13)6-10(17)18/h4-5H,6-7,13H2,1-3H3,(H,17,18). The van der Waals surface area contributed by atoms with Crippen molar-refractivity contribution < 1.29 is 24.2 Å². The Morgan fingerprint density at radius 3 is 2.21 bits per heavy atom. The van der Waals surface area contributed by atoms with Gasteiger partial charge in [-0.2, -0.15) is 0 Å². The minimum atomic E-state index is -1.36. The van der Waals surface area contributed by atoms with E-state index < -0.39 is 29.0 Å². The summed E-state index contributed by atoms with van der Waals surface area (Å²) in [5.74, 6) is -1.93. The first-order valence-electron chi connectivity index (χ1n) is 5.76. The number of hydrogen-bond donors (Lipinski definition) is 2. The fourth-order valence-electron chi connectivity index (χ4n) is 1.75. The van der Waals surface area contributed by atoms with E-state index in [2.05, 4.69) is 0 Å². The molecule has 2 amide bonds. The van der Waals surface area contributed by atoms with Gasteiger partial charge in [-0.1, -0.05) is 0 Å². The van der Waals surface area contributed by atoms with Gasteiger partial charge in [0.1, 0.15) is 5.72 Å². The third-order valence-corrected chi connectivity index (χ3v) is 2.67. The number of aliphatic carboxylic acids is 1. The molecule has 1 unspecified atom stereocenters. The molecular formula is C12H18N2O5. The molecule has 0 bridgehead atoms. The number of carboxylic acid groups (broad SMARTS) is 1. The fourth-order valence-corrected chi connectivity index (χ4v) is 1.75. The van der Waals surface area contributed by atoms with Gasteiger partial charge >= 0.3 is 5.97 Å². The van der Waals surface area contributed by atoms with Gasteiger partial charge in [0, 0.05) is 12.2 Å². The quantitative estimate of drug-likeness (QED) is 0.513. The van der Waals surface area contributed by atoms with Crippen LogP contribution in [0.2, 0.25) is 0 Å². The Balaban J connectivity index is 2.68. The van der Waals surface area contributed by atoms with Crippen molar-refractivity contribution in [3.05, 3.63) is 12.2 Å². The zero-order valence-electron chi connectivity index (χ0n) is 11.2. The molecule has 19 heavy (non-hydrogen) atoms. The van der Waals surface area contributed by atoms with Crippen molar-refractivity contribution in [1.82, 2.24) is 4.90 Å². The topological polar surface area (TPSA) is 110 Å². The first-order valence-corrected chi connectivity index (χ1v) is 5.76. The van der Waals surface area contributed by atoms with Gasteiger partial charge < -0.3 is 15.6 Å². The predicted octanol–water partition coefficient (Wildman–Crippen LogP) is -0.144. The highest BCUT2D eigenvalue weighted by molar-refractivity contribution is 6.13. The molecule has 3 N–H and O–H groups in total. The maximum Gasteiger partial charge on any atom is 0.307 e. The highest BCUT2D eigenvalue weighted by Crippen LogP contribution is 2.22. The Morgan fingerprint density at radius 1 is 1.32 bits per heavy atom. The second-order valence-corrected chi connectivity index (χ2v) is 5.33. The normalized spacial score (nSPS) is 18.8. The summed E-state index contributed by atoms with van der Waals surface area (Å²) < 4.78 is 5.34. The van der Waals surface area contributed by atoms with Crippen LogP contribution in [0.15, 0.2) is 12.2 Å².